The van der Waals surface area contributed by atoms with E-state index in [4.69, 9.17) is 34.4 Å². The third-order valence-corrected chi connectivity index (χ3v) is 18.9. The molecule has 0 radical (unpaired) electrons. The Kier molecular flexibility index (Phi) is 13.6. The van der Waals surface area contributed by atoms with Gasteiger partial charge in [0.25, 0.3) is 0 Å². The van der Waals surface area contributed by atoms with Gasteiger partial charge in [-0.2, -0.15) is 30.3 Å². The van der Waals surface area contributed by atoms with Crippen LogP contribution in [-0.4, -0.2) is 127 Å². The molecule has 15 rings (SSSR count). The van der Waals surface area contributed by atoms with Crippen molar-refractivity contribution in [1.82, 2.24) is 49.9 Å². The fourth-order valence-corrected chi connectivity index (χ4v) is 14.7. The number of nitriles is 1. The Morgan fingerprint density at radius 3 is 2.06 bits per heavy atom. The van der Waals surface area contributed by atoms with Crippen molar-refractivity contribution in [2.75, 3.05) is 80.7 Å². The van der Waals surface area contributed by atoms with Gasteiger partial charge in [-0.15, -0.1) is 0 Å². The van der Waals surface area contributed by atoms with Gasteiger partial charge >= 0.3 is 12.0 Å². The number of rotatable bonds is 15. The van der Waals surface area contributed by atoms with Gasteiger partial charge in [-0.25, -0.2) is 17.6 Å². The number of piperazine rings is 1. The average Bonchev–Trinajstić information content (AvgIpc) is 1.41. The monoisotopic (exact) mass is 1160 g/mol. The summed E-state index contributed by atoms with van der Waals surface area (Å²) in [4.78, 5) is 37.9. The van der Waals surface area contributed by atoms with Crippen molar-refractivity contribution in [3.8, 4) is 40.6 Å². The Hall–Kier alpha value is -9.06. The van der Waals surface area contributed by atoms with E-state index in [9.17, 15) is 5.26 Å². The number of hydrogen-bond donors (Lipinski definition) is 2. The van der Waals surface area contributed by atoms with E-state index in [0.29, 0.717) is 95.6 Å². The van der Waals surface area contributed by atoms with Gasteiger partial charge in [0.2, 0.25) is 0 Å². The maximum atomic E-state index is 17.9. The number of nitrogens with one attached hydrogen (secondary N) is 2. The molecular formula is C66H60F4N14O2. The molecule has 2 unspecified atom stereocenters. The normalized spacial score (nSPS) is 19.5. The van der Waals surface area contributed by atoms with Gasteiger partial charge in [0.15, 0.2) is 11.6 Å². The first-order valence-corrected chi connectivity index (χ1v) is 29.8. The summed E-state index contributed by atoms with van der Waals surface area (Å²) in [5.74, 6) is -1.59. The van der Waals surface area contributed by atoms with E-state index in [1.165, 1.54) is 18.3 Å². The Labute approximate surface area is 492 Å². The van der Waals surface area contributed by atoms with Crippen molar-refractivity contribution >= 4 is 60.7 Å². The van der Waals surface area contributed by atoms with Gasteiger partial charge in [0.05, 0.1) is 33.1 Å². The highest BCUT2D eigenvalue weighted by atomic mass is 19.1. The van der Waals surface area contributed by atoms with Crippen LogP contribution in [0.2, 0.25) is 0 Å². The number of halogens is 4. The molecule has 20 heteroatoms. The van der Waals surface area contributed by atoms with E-state index in [1.807, 2.05) is 48.5 Å². The molecule has 5 saturated heterocycles. The fraction of sp³-hybridized carbons (Fsp3) is 0.333. The minimum Gasteiger partial charge on any atom is -0.461 e. The first-order valence-electron chi connectivity index (χ1n) is 29.8. The number of para-hydroxylation sites is 1. The van der Waals surface area contributed by atoms with Crippen LogP contribution in [0.15, 0.2) is 116 Å². The van der Waals surface area contributed by atoms with E-state index < -0.39 is 28.8 Å². The number of pyridine rings is 2. The second-order valence-corrected chi connectivity index (χ2v) is 23.5. The summed E-state index contributed by atoms with van der Waals surface area (Å²) in [6.45, 7) is 6.05. The second kappa shape index (κ2) is 21.8. The van der Waals surface area contributed by atoms with Gasteiger partial charge in [-0.3, -0.25) is 24.9 Å². The van der Waals surface area contributed by atoms with Gasteiger partial charge < -0.3 is 24.6 Å². The molecule has 0 saturated carbocycles. The van der Waals surface area contributed by atoms with E-state index in [0.717, 1.165) is 87.9 Å². The van der Waals surface area contributed by atoms with Crippen LogP contribution in [0, 0.1) is 34.6 Å². The van der Waals surface area contributed by atoms with Gasteiger partial charge in [0, 0.05) is 91.4 Å². The molecule has 10 aromatic rings. The number of H-pyrrole nitrogens is 1. The molecule has 0 amide bonds. The molecule has 0 spiro atoms. The maximum absolute atomic E-state index is 17.9. The molecule has 5 aliphatic rings. The molecule has 16 nitrogen and oxygen atoms in total. The van der Waals surface area contributed by atoms with Crippen LogP contribution in [0.25, 0.3) is 65.9 Å². The van der Waals surface area contributed by atoms with Crippen molar-refractivity contribution in [2.24, 2.45) is 0 Å². The lowest BCUT2D eigenvalue weighted by Gasteiger charge is -2.37. The van der Waals surface area contributed by atoms with Crippen molar-refractivity contribution in [3.05, 3.63) is 156 Å². The molecular weight excluding hydrogens is 1100 g/mol. The summed E-state index contributed by atoms with van der Waals surface area (Å²) in [5.41, 5.74) is 3.22. The quantitative estimate of drug-likeness (QED) is 0.0928. The van der Waals surface area contributed by atoms with Crippen molar-refractivity contribution in [3.63, 3.8) is 0 Å². The third-order valence-electron chi connectivity index (χ3n) is 18.9. The smallest absolute Gasteiger partial charge is 0.319 e. The topological polar surface area (TPSA) is 173 Å². The number of hydrogen-bond acceptors (Lipinski definition) is 15. The van der Waals surface area contributed by atoms with Crippen LogP contribution in [0.1, 0.15) is 74.2 Å². The highest BCUT2D eigenvalue weighted by Gasteiger charge is 2.51. The molecule has 5 fully saturated rings. The van der Waals surface area contributed by atoms with E-state index in [2.05, 4.69) is 46.2 Å². The third kappa shape index (κ3) is 9.21. The minimum absolute atomic E-state index is 0.0243. The summed E-state index contributed by atoms with van der Waals surface area (Å²) in [6, 6.07) is 30.3. The van der Waals surface area contributed by atoms with Gasteiger partial charge in [-0.1, -0.05) is 66.7 Å². The highest BCUT2D eigenvalue weighted by Crippen LogP contribution is 2.51. The highest BCUT2D eigenvalue weighted by molar-refractivity contribution is 6.02. The number of benzene rings is 5. The number of aromatic amines is 1. The van der Waals surface area contributed by atoms with Crippen LogP contribution in [0.5, 0.6) is 12.0 Å². The van der Waals surface area contributed by atoms with Crippen molar-refractivity contribution in [1.29, 1.82) is 5.26 Å². The zero-order valence-electron chi connectivity index (χ0n) is 47.2. The average molecular weight is 1160 g/mol. The van der Waals surface area contributed by atoms with Crippen LogP contribution >= 0.6 is 0 Å². The lowest BCUT2D eigenvalue weighted by molar-refractivity contribution is 0.0849. The number of aromatic nitrogens is 8. The molecule has 5 aliphatic heterocycles. The number of ether oxygens (including phenoxy) is 2. The van der Waals surface area contributed by atoms with Crippen LogP contribution in [0.3, 0.4) is 0 Å². The predicted octanol–water partition coefficient (Wildman–Crippen LogP) is 11.9. The number of anilines is 3. The first kappa shape index (κ1) is 53.7. The Morgan fingerprint density at radius 1 is 0.628 bits per heavy atom. The van der Waals surface area contributed by atoms with Crippen LogP contribution in [-0.2, 0) is 6.42 Å². The van der Waals surface area contributed by atoms with Gasteiger partial charge in [0.1, 0.15) is 65.0 Å². The molecule has 434 valence electrons. The largest absolute Gasteiger partial charge is 0.461 e. The van der Waals surface area contributed by atoms with Crippen molar-refractivity contribution in [2.45, 2.75) is 74.9 Å². The van der Waals surface area contributed by atoms with E-state index >= 15 is 17.6 Å². The Morgan fingerprint density at radius 2 is 1.29 bits per heavy atom. The molecule has 0 aliphatic carbocycles. The maximum Gasteiger partial charge on any atom is 0.319 e. The molecule has 5 aromatic heterocycles. The summed E-state index contributed by atoms with van der Waals surface area (Å²) < 4.78 is 80.4. The van der Waals surface area contributed by atoms with Crippen molar-refractivity contribution < 1.29 is 27.0 Å². The summed E-state index contributed by atoms with van der Waals surface area (Å²) in [6.07, 6.45) is 12.7. The number of nitrogens with zero attached hydrogens (tertiary/aromatic N) is 12. The zero-order valence-corrected chi connectivity index (χ0v) is 47.2. The van der Waals surface area contributed by atoms with Gasteiger partial charge in [-0.05, 0) is 118 Å². The fourth-order valence-electron chi connectivity index (χ4n) is 14.7. The minimum atomic E-state index is -0.734. The summed E-state index contributed by atoms with van der Waals surface area (Å²) in [7, 11) is 0. The lowest BCUT2D eigenvalue weighted by atomic mass is 9.92. The first-order chi connectivity index (χ1) is 42.2. The molecule has 86 heavy (non-hydrogen) atoms. The molecule has 10 heterocycles. The summed E-state index contributed by atoms with van der Waals surface area (Å²) >= 11 is 0. The molecule has 5 aromatic carbocycles. The second-order valence-electron chi connectivity index (χ2n) is 23.5. The number of fused-ring (bicyclic) bond motifs is 6. The van der Waals surface area contributed by atoms with E-state index in [1.54, 1.807) is 48.8 Å². The Bertz CT molecular complexity index is 4310. The standard InChI is InChI=1S/C66H60F4N14O2/c67-49-15-4-11-40-10-3-13-45(53(40)49)57-55(69)59-47(36-73-57)61(72-26-20-42-21-27-75-80-42)78-63(76-59)86-39-66-24-8-30-84(66)52(19-25-66)43-17-18-50(68)54-44(43)12-5-14-46(54)58-56(70)60-48(37-74-58)62(79-64(77-60)85-38-65-22-6-28-83(65)29-7-23-65)82-33-31-81(32-34-82)51-16-2-1-9-41(51)35-71/h1-5,9-18,21,27,36-37,52H,6-8,19-20,22-26,28-34,38-39H2,(H,75,80)(H,72,76,78). The Balaban J connectivity index is 0.744. The van der Waals surface area contributed by atoms with E-state index in [-0.39, 0.29) is 63.4 Å². The molecule has 2 atom stereocenters. The summed E-state index contributed by atoms with van der Waals surface area (Å²) in [5, 5.41) is 22.8. The molecule has 0 bridgehead atoms. The predicted molar refractivity (Wildman–Crippen MR) is 321 cm³/mol. The zero-order chi connectivity index (χ0) is 58.1. The molecule has 2 N–H and O–H groups in total. The van der Waals surface area contributed by atoms with Crippen LogP contribution < -0.4 is 24.6 Å². The lowest BCUT2D eigenvalue weighted by Crippen LogP contribution is -2.47. The van der Waals surface area contributed by atoms with Crippen LogP contribution in [0.4, 0.5) is 34.9 Å². The SMILES string of the molecule is N#Cc1ccccc1N1CCN(c2nc(OCC34CCCN3CCC4)nc3c(F)c(-c4cccc5c(C6CCC7(COc8nc(NCCc9ccn[nH]9)c9cnc(-c%10cccc%11cccc(F)c%10%11)c(F)c9n8)CCCN67)ccc(F)c45)ncc23)CC1.